The molecule has 0 amide bonds. The van der Waals surface area contributed by atoms with Crippen molar-refractivity contribution in [3.8, 4) is 0 Å². The van der Waals surface area contributed by atoms with E-state index in [1.165, 1.54) is 0 Å². The molecule has 1 rings (SSSR count). The molecular weight excluding hydrogens is 182 g/mol. The van der Waals surface area contributed by atoms with Gasteiger partial charge in [0.1, 0.15) is 11.5 Å². The summed E-state index contributed by atoms with van der Waals surface area (Å²) in [4.78, 5) is 0. The van der Waals surface area contributed by atoms with E-state index in [2.05, 4.69) is 5.32 Å². The third-order valence-corrected chi connectivity index (χ3v) is 1.96. The lowest BCUT2D eigenvalue weighted by Gasteiger charge is -2.06. The molecule has 0 radical (unpaired) electrons. The summed E-state index contributed by atoms with van der Waals surface area (Å²) >= 11 is 0. The van der Waals surface area contributed by atoms with Crippen LogP contribution >= 0.6 is 0 Å². The fourth-order valence-electron chi connectivity index (χ4n) is 1.13. The third-order valence-electron chi connectivity index (χ3n) is 1.96. The Morgan fingerprint density at radius 2 is 2.14 bits per heavy atom. The maximum Gasteiger partial charge on any atom is 0.117 e. The average Bonchev–Trinajstić information content (AvgIpc) is 2.65. The van der Waals surface area contributed by atoms with Crippen LogP contribution < -0.4 is 5.32 Å². The zero-order chi connectivity index (χ0) is 10.4. The van der Waals surface area contributed by atoms with Gasteiger partial charge in [-0.3, -0.25) is 0 Å². The van der Waals surface area contributed by atoms with Crippen LogP contribution in [0.2, 0.25) is 0 Å². The van der Waals surface area contributed by atoms with Crippen LogP contribution in [0.3, 0.4) is 0 Å². The van der Waals surface area contributed by atoms with E-state index in [0.717, 1.165) is 17.9 Å². The highest BCUT2D eigenvalue weighted by molar-refractivity contribution is 5.06. The van der Waals surface area contributed by atoms with Gasteiger partial charge >= 0.3 is 0 Å². The van der Waals surface area contributed by atoms with E-state index in [1.807, 2.05) is 19.1 Å². The number of rotatable bonds is 6. The smallest absolute Gasteiger partial charge is 0.117 e. The molecule has 4 nitrogen and oxygen atoms in total. The number of hydrogen-bond acceptors (Lipinski definition) is 4. The van der Waals surface area contributed by atoms with Gasteiger partial charge in [0.05, 0.1) is 19.3 Å². The molecule has 1 aromatic heterocycles. The molecule has 1 aromatic rings. The van der Waals surface area contributed by atoms with Gasteiger partial charge in [-0.2, -0.15) is 0 Å². The van der Waals surface area contributed by atoms with Gasteiger partial charge in [0.2, 0.25) is 0 Å². The second kappa shape index (κ2) is 5.80. The Balaban J connectivity index is 2.24. The van der Waals surface area contributed by atoms with Crippen molar-refractivity contribution < 1.29 is 14.6 Å². The Morgan fingerprint density at radius 1 is 1.43 bits per heavy atom. The highest BCUT2D eigenvalue weighted by Crippen LogP contribution is 2.07. The zero-order valence-corrected chi connectivity index (χ0v) is 8.36. The Bertz CT molecular complexity index is 260. The minimum absolute atomic E-state index is 0.217. The number of aliphatic hydroxyl groups excluding tert-OH is 2. The molecule has 80 valence electrons. The van der Waals surface area contributed by atoms with Crippen LogP contribution in [-0.2, 0) is 13.0 Å². The maximum atomic E-state index is 9.04. The number of aliphatic hydroxyl groups is 2. The number of nitrogens with one attached hydrogen (secondary N) is 1. The topological polar surface area (TPSA) is 65.6 Å². The maximum absolute atomic E-state index is 9.04. The summed E-state index contributed by atoms with van der Waals surface area (Å²) in [6, 6.07) is 3.86. The Labute approximate surface area is 83.6 Å². The molecule has 0 aliphatic rings. The molecule has 0 aromatic carbocycles. The Morgan fingerprint density at radius 3 is 2.71 bits per heavy atom. The first-order valence-electron chi connectivity index (χ1n) is 4.83. The fourth-order valence-corrected chi connectivity index (χ4v) is 1.13. The fraction of sp³-hybridized carbons (Fsp3) is 0.600. The summed E-state index contributed by atoms with van der Waals surface area (Å²) in [6.07, 6.45) is 0.190. The van der Waals surface area contributed by atoms with Crippen molar-refractivity contribution >= 4 is 0 Å². The largest absolute Gasteiger partial charge is 0.465 e. The monoisotopic (exact) mass is 199 g/mol. The van der Waals surface area contributed by atoms with Crippen LogP contribution in [0.5, 0.6) is 0 Å². The second-order valence-electron chi connectivity index (χ2n) is 3.19. The summed E-state index contributed by atoms with van der Waals surface area (Å²) in [7, 11) is 0. The van der Waals surface area contributed by atoms with Crippen LogP contribution in [0.4, 0.5) is 0 Å². The van der Waals surface area contributed by atoms with E-state index in [9.17, 15) is 0 Å². The molecule has 0 fully saturated rings. The van der Waals surface area contributed by atoms with E-state index < -0.39 is 6.10 Å². The van der Waals surface area contributed by atoms with Crippen LogP contribution in [0, 0.1) is 0 Å². The SMILES string of the molecule is CCc1ccc(CNCC(O)CO)o1. The van der Waals surface area contributed by atoms with Crippen molar-refractivity contribution in [3.05, 3.63) is 23.7 Å². The number of aryl methyl sites for hydroxylation is 1. The molecule has 0 aliphatic heterocycles. The summed E-state index contributed by atoms with van der Waals surface area (Å²) in [5.41, 5.74) is 0. The quantitative estimate of drug-likeness (QED) is 0.616. The van der Waals surface area contributed by atoms with Crippen molar-refractivity contribution in [2.45, 2.75) is 26.0 Å². The van der Waals surface area contributed by atoms with Gasteiger partial charge in [0.15, 0.2) is 0 Å². The Kier molecular flexibility index (Phi) is 4.65. The minimum Gasteiger partial charge on any atom is -0.465 e. The highest BCUT2D eigenvalue weighted by atomic mass is 16.3. The van der Waals surface area contributed by atoms with Gasteiger partial charge in [-0.15, -0.1) is 0 Å². The van der Waals surface area contributed by atoms with Gasteiger partial charge < -0.3 is 19.9 Å². The van der Waals surface area contributed by atoms with E-state index in [4.69, 9.17) is 14.6 Å². The third kappa shape index (κ3) is 3.49. The van der Waals surface area contributed by atoms with Crippen LogP contribution in [0.1, 0.15) is 18.4 Å². The van der Waals surface area contributed by atoms with Crippen LogP contribution in [0.25, 0.3) is 0 Å². The lowest BCUT2D eigenvalue weighted by atomic mass is 10.3. The lowest BCUT2D eigenvalue weighted by Crippen LogP contribution is -2.28. The first-order chi connectivity index (χ1) is 6.76. The predicted octanol–water partition coefficient (Wildman–Crippen LogP) is 0.285. The molecule has 0 aliphatic carbocycles. The van der Waals surface area contributed by atoms with Gasteiger partial charge in [0.25, 0.3) is 0 Å². The molecule has 0 spiro atoms. The molecule has 1 unspecified atom stereocenters. The van der Waals surface area contributed by atoms with Gasteiger partial charge in [-0.05, 0) is 12.1 Å². The van der Waals surface area contributed by atoms with Crippen molar-refractivity contribution in [1.82, 2.24) is 5.32 Å². The standard InChI is InChI=1S/C10H17NO3/c1-2-9-3-4-10(14-9)6-11-5-8(13)7-12/h3-4,8,11-13H,2,5-7H2,1H3. The molecule has 1 heterocycles. The summed E-state index contributed by atoms with van der Waals surface area (Å²) in [5, 5.41) is 20.6. The minimum atomic E-state index is -0.699. The molecule has 0 saturated carbocycles. The molecule has 4 heteroatoms. The lowest BCUT2D eigenvalue weighted by molar-refractivity contribution is 0.0938. The molecule has 0 saturated heterocycles. The summed E-state index contributed by atoms with van der Waals surface area (Å²) in [6.45, 7) is 2.77. The van der Waals surface area contributed by atoms with Crippen molar-refractivity contribution in [1.29, 1.82) is 0 Å². The van der Waals surface area contributed by atoms with E-state index in [-0.39, 0.29) is 6.61 Å². The number of hydrogen-bond donors (Lipinski definition) is 3. The van der Waals surface area contributed by atoms with Crippen LogP contribution in [0.15, 0.2) is 16.5 Å². The van der Waals surface area contributed by atoms with Crippen molar-refractivity contribution in [2.24, 2.45) is 0 Å². The van der Waals surface area contributed by atoms with Crippen molar-refractivity contribution in [2.75, 3.05) is 13.2 Å². The first-order valence-corrected chi connectivity index (χ1v) is 4.83. The van der Waals surface area contributed by atoms with E-state index >= 15 is 0 Å². The predicted molar refractivity (Wildman–Crippen MR) is 52.9 cm³/mol. The van der Waals surface area contributed by atoms with Gasteiger partial charge in [-0.1, -0.05) is 6.92 Å². The van der Waals surface area contributed by atoms with Crippen molar-refractivity contribution in [3.63, 3.8) is 0 Å². The molecular formula is C10H17NO3. The summed E-state index contributed by atoms with van der Waals surface area (Å²) in [5.74, 6) is 1.82. The summed E-state index contributed by atoms with van der Waals surface area (Å²) < 4.78 is 5.44. The second-order valence-corrected chi connectivity index (χ2v) is 3.19. The molecule has 14 heavy (non-hydrogen) atoms. The highest BCUT2D eigenvalue weighted by Gasteiger charge is 2.03. The molecule has 3 N–H and O–H groups in total. The van der Waals surface area contributed by atoms with Gasteiger partial charge in [-0.25, -0.2) is 0 Å². The molecule has 0 bridgehead atoms. The van der Waals surface area contributed by atoms with E-state index in [1.54, 1.807) is 0 Å². The van der Waals surface area contributed by atoms with E-state index in [0.29, 0.717) is 13.1 Å². The zero-order valence-electron chi connectivity index (χ0n) is 8.36. The Hall–Kier alpha value is -0.840. The normalized spacial score (nSPS) is 13.1. The average molecular weight is 199 g/mol. The molecule has 1 atom stereocenters. The van der Waals surface area contributed by atoms with Crippen LogP contribution in [-0.4, -0.2) is 29.5 Å². The van der Waals surface area contributed by atoms with Gasteiger partial charge in [0, 0.05) is 13.0 Å². The number of furan rings is 1. The first kappa shape index (κ1) is 11.2.